The normalized spacial score (nSPS) is 16.7. The van der Waals surface area contributed by atoms with Gasteiger partial charge in [-0.3, -0.25) is 4.90 Å². The van der Waals surface area contributed by atoms with E-state index in [0.717, 1.165) is 60.6 Å². The lowest BCUT2D eigenvalue weighted by molar-refractivity contribution is 0.0398. The summed E-state index contributed by atoms with van der Waals surface area (Å²) >= 11 is 7.81. The molecule has 0 amide bonds. The van der Waals surface area contributed by atoms with Crippen molar-refractivity contribution in [3.05, 3.63) is 22.7 Å². The van der Waals surface area contributed by atoms with Crippen molar-refractivity contribution in [1.82, 2.24) is 9.88 Å². The average molecular weight is 312 g/mol. The van der Waals surface area contributed by atoms with Gasteiger partial charge in [0, 0.05) is 31.2 Å². The molecule has 0 radical (unpaired) electrons. The molecule has 0 bridgehead atoms. The Balaban J connectivity index is 1.61. The molecule has 1 N–H and O–H groups in total. The van der Waals surface area contributed by atoms with Crippen LogP contribution in [0, 0.1) is 6.92 Å². The minimum atomic E-state index is 0.780. The number of hydrogen-bond acceptors (Lipinski definition) is 5. The number of rotatable bonds is 4. The fourth-order valence-electron chi connectivity index (χ4n) is 2.32. The van der Waals surface area contributed by atoms with Crippen LogP contribution in [0.2, 0.25) is 5.02 Å². The molecule has 1 aromatic carbocycles. The maximum atomic E-state index is 6.13. The highest BCUT2D eigenvalue weighted by atomic mass is 35.5. The molecule has 6 heteroatoms. The molecule has 0 spiro atoms. The number of morpholine rings is 1. The molecule has 4 nitrogen and oxygen atoms in total. The molecule has 0 unspecified atom stereocenters. The summed E-state index contributed by atoms with van der Waals surface area (Å²) < 4.78 is 6.52. The number of thiazole rings is 1. The van der Waals surface area contributed by atoms with Crippen molar-refractivity contribution in [2.24, 2.45) is 0 Å². The highest BCUT2D eigenvalue weighted by Crippen LogP contribution is 2.31. The summed E-state index contributed by atoms with van der Waals surface area (Å²) in [5, 5.41) is 5.16. The van der Waals surface area contributed by atoms with E-state index in [0.29, 0.717) is 0 Å². The van der Waals surface area contributed by atoms with E-state index < -0.39 is 0 Å². The van der Waals surface area contributed by atoms with Gasteiger partial charge in [-0.05, 0) is 24.6 Å². The highest BCUT2D eigenvalue weighted by molar-refractivity contribution is 7.22. The molecule has 3 rings (SSSR count). The van der Waals surface area contributed by atoms with Crippen molar-refractivity contribution in [3.8, 4) is 0 Å². The number of ether oxygens (including phenoxy) is 1. The second-order valence-electron chi connectivity index (χ2n) is 4.92. The molecule has 1 saturated heterocycles. The van der Waals surface area contributed by atoms with E-state index in [1.807, 2.05) is 19.1 Å². The number of benzene rings is 1. The van der Waals surface area contributed by atoms with E-state index in [2.05, 4.69) is 15.2 Å². The van der Waals surface area contributed by atoms with Crippen LogP contribution in [0.15, 0.2) is 12.1 Å². The fourth-order valence-corrected chi connectivity index (χ4v) is 3.43. The fraction of sp³-hybridized carbons (Fsp3) is 0.500. The lowest BCUT2D eigenvalue weighted by Crippen LogP contribution is -2.38. The van der Waals surface area contributed by atoms with Crippen LogP contribution < -0.4 is 5.32 Å². The number of nitrogens with one attached hydrogen (secondary N) is 1. The van der Waals surface area contributed by atoms with E-state index in [-0.39, 0.29) is 0 Å². The Morgan fingerprint density at radius 1 is 1.40 bits per heavy atom. The number of aromatic nitrogens is 1. The van der Waals surface area contributed by atoms with Crippen molar-refractivity contribution in [2.75, 3.05) is 44.7 Å². The monoisotopic (exact) mass is 311 g/mol. The minimum Gasteiger partial charge on any atom is -0.379 e. The molecule has 1 aliphatic heterocycles. The number of aryl methyl sites for hydroxylation is 1. The molecule has 0 saturated carbocycles. The standard InChI is InChI=1S/C14H18ClN3OS/c1-10-11(15)2-3-12-13(10)17-14(20-12)16-4-5-18-6-8-19-9-7-18/h2-3H,4-9H2,1H3,(H,16,17). The van der Waals surface area contributed by atoms with Crippen molar-refractivity contribution in [1.29, 1.82) is 0 Å². The molecule has 2 heterocycles. The number of fused-ring (bicyclic) bond motifs is 1. The van der Waals surface area contributed by atoms with E-state index in [1.165, 1.54) is 4.70 Å². The summed E-state index contributed by atoms with van der Waals surface area (Å²) in [4.78, 5) is 7.04. The maximum Gasteiger partial charge on any atom is 0.183 e. The molecular weight excluding hydrogens is 294 g/mol. The zero-order valence-corrected chi connectivity index (χ0v) is 13.1. The van der Waals surface area contributed by atoms with E-state index in [1.54, 1.807) is 11.3 Å². The Bertz CT molecular complexity index is 595. The Hall–Kier alpha value is -0.880. The van der Waals surface area contributed by atoms with Crippen molar-refractivity contribution in [3.63, 3.8) is 0 Å². The van der Waals surface area contributed by atoms with E-state index in [4.69, 9.17) is 16.3 Å². The molecule has 0 atom stereocenters. The molecule has 108 valence electrons. The third-order valence-corrected chi connectivity index (χ3v) is 4.94. The first-order valence-electron chi connectivity index (χ1n) is 6.83. The summed E-state index contributed by atoms with van der Waals surface area (Å²) in [5.74, 6) is 0. The van der Waals surface area contributed by atoms with Crippen molar-refractivity contribution >= 4 is 38.3 Å². The second-order valence-corrected chi connectivity index (χ2v) is 6.36. The van der Waals surface area contributed by atoms with Gasteiger partial charge in [-0.2, -0.15) is 0 Å². The molecule has 1 fully saturated rings. The summed E-state index contributed by atoms with van der Waals surface area (Å²) in [6, 6.07) is 3.98. The summed E-state index contributed by atoms with van der Waals surface area (Å²) in [6.07, 6.45) is 0. The van der Waals surface area contributed by atoms with Gasteiger partial charge in [-0.25, -0.2) is 4.98 Å². The van der Waals surface area contributed by atoms with Gasteiger partial charge < -0.3 is 10.1 Å². The smallest absolute Gasteiger partial charge is 0.183 e. The quantitative estimate of drug-likeness (QED) is 0.942. The van der Waals surface area contributed by atoms with Crippen LogP contribution in [-0.4, -0.2) is 49.3 Å². The molecule has 1 aromatic heterocycles. The maximum absolute atomic E-state index is 6.13. The van der Waals surface area contributed by atoms with Gasteiger partial charge in [0.15, 0.2) is 5.13 Å². The van der Waals surface area contributed by atoms with Crippen molar-refractivity contribution < 1.29 is 4.74 Å². The van der Waals surface area contributed by atoms with Gasteiger partial charge in [-0.15, -0.1) is 0 Å². The number of hydrogen-bond donors (Lipinski definition) is 1. The average Bonchev–Trinajstić information content (AvgIpc) is 2.88. The van der Waals surface area contributed by atoms with Crippen LogP contribution in [0.25, 0.3) is 10.2 Å². The minimum absolute atomic E-state index is 0.780. The SMILES string of the molecule is Cc1c(Cl)ccc2sc(NCCN3CCOCC3)nc12. The van der Waals surface area contributed by atoms with Crippen LogP contribution >= 0.6 is 22.9 Å². The Kier molecular flexibility index (Phi) is 4.41. The van der Waals surface area contributed by atoms with E-state index in [9.17, 15) is 0 Å². The predicted molar refractivity (Wildman–Crippen MR) is 85.1 cm³/mol. The second kappa shape index (κ2) is 6.26. The largest absolute Gasteiger partial charge is 0.379 e. The van der Waals surface area contributed by atoms with Crippen LogP contribution in [0.4, 0.5) is 5.13 Å². The van der Waals surface area contributed by atoms with Crippen LogP contribution in [0.5, 0.6) is 0 Å². The number of halogens is 1. The third-order valence-electron chi connectivity index (χ3n) is 3.56. The summed E-state index contributed by atoms with van der Waals surface area (Å²) in [5.41, 5.74) is 2.07. The number of anilines is 1. The topological polar surface area (TPSA) is 37.4 Å². The molecule has 1 aliphatic rings. The van der Waals surface area contributed by atoms with Crippen LogP contribution in [0.1, 0.15) is 5.56 Å². The van der Waals surface area contributed by atoms with Gasteiger partial charge >= 0.3 is 0 Å². The van der Waals surface area contributed by atoms with Gasteiger partial charge in [-0.1, -0.05) is 22.9 Å². The first-order valence-corrected chi connectivity index (χ1v) is 8.03. The third kappa shape index (κ3) is 3.06. The van der Waals surface area contributed by atoms with Crippen LogP contribution in [0.3, 0.4) is 0 Å². The summed E-state index contributed by atoms with van der Waals surface area (Å²) in [7, 11) is 0. The number of nitrogens with zero attached hydrogens (tertiary/aromatic N) is 2. The van der Waals surface area contributed by atoms with Crippen molar-refractivity contribution in [2.45, 2.75) is 6.92 Å². The van der Waals surface area contributed by atoms with Gasteiger partial charge in [0.25, 0.3) is 0 Å². The lowest BCUT2D eigenvalue weighted by Gasteiger charge is -2.26. The van der Waals surface area contributed by atoms with Crippen LogP contribution in [-0.2, 0) is 4.74 Å². The molecule has 2 aromatic rings. The van der Waals surface area contributed by atoms with E-state index >= 15 is 0 Å². The first-order chi connectivity index (χ1) is 9.74. The van der Waals surface area contributed by atoms with Gasteiger partial charge in [0.2, 0.25) is 0 Å². The summed E-state index contributed by atoms with van der Waals surface area (Å²) in [6.45, 7) is 7.69. The highest BCUT2D eigenvalue weighted by Gasteiger charge is 2.11. The Morgan fingerprint density at radius 3 is 3.00 bits per heavy atom. The van der Waals surface area contributed by atoms with Gasteiger partial charge in [0.05, 0.1) is 23.4 Å². The zero-order valence-electron chi connectivity index (χ0n) is 11.5. The zero-order chi connectivity index (χ0) is 13.9. The Morgan fingerprint density at radius 2 is 2.20 bits per heavy atom. The van der Waals surface area contributed by atoms with Gasteiger partial charge in [0.1, 0.15) is 0 Å². The Labute approximate surface area is 127 Å². The lowest BCUT2D eigenvalue weighted by atomic mass is 10.2. The molecule has 0 aliphatic carbocycles. The first kappa shape index (κ1) is 14.1. The molecular formula is C14H18ClN3OS. The molecule has 20 heavy (non-hydrogen) atoms. The predicted octanol–water partition coefficient (Wildman–Crippen LogP) is 3.00.